The van der Waals surface area contributed by atoms with E-state index in [4.69, 9.17) is 4.74 Å². The van der Waals surface area contributed by atoms with Crippen LogP contribution >= 0.6 is 0 Å². The Morgan fingerprint density at radius 3 is 2.37 bits per heavy atom. The normalized spacial score (nSPS) is 30.6. The number of ether oxygens (including phenoxy) is 1. The van der Waals surface area contributed by atoms with E-state index in [0.717, 1.165) is 12.8 Å². The fraction of sp³-hybridized carbons (Fsp3) is 0.471. The van der Waals surface area contributed by atoms with Gasteiger partial charge in [0.05, 0.1) is 5.56 Å². The zero-order valence-electron chi connectivity index (χ0n) is 11.8. The first kappa shape index (κ1) is 13.9. The van der Waals surface area contributed by atoms with Crippen molar-refractivity contribution in [3.63, 3.8) is 0 Å². The van der Waals surface area contributed by atoms with Crippen molar-refractivity contribution in [2.75, 3.05) is 0 Å². The van der Waals surface area contributed by atoms with Crippen molar-refractivity contribution in [1.82, 2.24) is 0 Å². The van der Waals surface area contributed by atoms with E-state index < -0.39 is 5.60 Å². The van der Waals surface area contributed by atoms with E-state index in [0.29, 0.717) is 17.4 Å². The monoisotopic (exact) mass is 258 g/mol. The molecule has 2 atom stereocenters. The zero-order valence-corrected chi connectivity index (χ0v) is 11.8. The lowest BCUT2D eigenvalue weighted by Gasteiger charge is -2.44. The Morgan fingerprint density at radius 2 is 1.84 bits per heavy atom. The van der Waals surface area contributed by atoms with Gasteiger partial charge in [0.15, 0.2) is 0 Å². The number of hydrogen-bond donors (Lipinski definition) is 0. The molecule has 1 aliphatic carbocycles. The van der Waals surface area contributed by atoms with Crippen molar-refractivity contribution in [3.8, 4) is 0 Å². The second-order valence-corrected chi connectivity index (χ2v) is 5.55. The average Bonchev–Trinajstić information content (AvgIpc) is 2.44. The van der Waals surface area contributed by atoms with E-state index in [-0.39, 0.29) is 5.97 Å². The largest absolute Gasteiger partial charge is 0.451 e. The van der Waals surface area contributed by atoms with Gasteiger partial charge in [0.2, 0.25) is 0 Å². The maximum absolute atomic E-state index is 12.3. The number of rotatable bonds is 3. The molecule has 0 spiro atoms. The van der Waals surface area contributed by atoms with Crippen LogP contribution in [0.25, 0.3) is 0 Å². The SMILES string of the molecule is C=CC1(OC(=O)c2ccccc2)C(C)CCCC1C. The summed E-state index contributed by atoms with van der Waals surface area (Å²) in [5, 5.41) is 0. The smallest absolute Gasteiger partial charge is 0.339 e. The van der Waals surface area contributed by atoms with Gasteiger partial charge in [0.25, 0.3) is 0 Å². The van der Waals surface area contributed by atoms with Crippen molar-refractivity contribution >= 4 is 5.97 Å². The molecule has 0 aliphatic heterocycles. The Balaban J connectivity index is 2.23. The molecule has 2 rings (SSSR count). The van der Waals surface area contributed by atoms with Gasteiger partial charge in [-0.1, -0.05) is 45.0 Å². The van der Waals surface area contributed by atoms with Gasteiger partial charge in [0, 0.05) is 0 Å². The molecule has 2 nitrogen and oxygen atoms in total. The second kappa shape index (κ2) is 5.60. The Hall–Kier alpha value is -1.57. The number of esters is 1. The molecular weight excluding hydrogens is 236 g/mol. The minimum Gasteiger partial charge on any atom is -0.451 e. The number of benzene rings is 1. The van der Waals surface area contributed by atoms with E-state index in [9.17, 15) is 4.79 Å². The van der Waals surface area contributed by atoms with Crippen LogP contribution in [0.1, 0.15) is 43.5 Å². The van der Waals surface area contributed by atoms with Gasteiger partial charge in [-0.15, -0.1) is 0 Å². The molecule has 0 bridgehead atoms. The maximum atomic E-state index is 12.3. The van der Waals surface area contributed by atoms with Crippen molar-refractivity contribution in [3.05, 3.63) is 48.6 Å². The highest BCUT2D eigenvalue weighted by molar-refractivity contribution is 5.89. The molecule has 2 unspecified atom stereocenters. The van der Waals surface area contributed by atoms with E-state index in [2.05, 4.69) is 20.4 Å². The van der Waals surface area contributed by atoms with E-state index in [1.807, 2.05) is 24.3 Å². The van der Waals surface area contributed by atoms with Crippen LogP contribution in [0, 0.1) is 11.8 Å². The standard InChI is InChI=1S/C17H22O2/c1-4-17(13(2)9-8-10-14(17)3)19-16(18)15-11-6-5-7-12-15/h4-7,11-14H,1,8-10H2,2-3H3. The van der Waals surface area contributed by atoms with Gasteiger partial charge in [0.1, 0.15) is 5.60 Å². The summed E-state index contributed by atoms with van der Waals surface area (Å²) in [6, 6.07) is 9.18. The third-order valence-electron chi connectivity index (χ3n) is 4.41. The fourth-order valence-electron chi connectivity index (χ4n) is 3.11. The van der Waals surface area contributed by atoms with Crippen LogP contribution in [0.5, 0.6) is 0 Å². The van der Waals surface area contributed by atoms with Gasteiger partial charge in [-0.2, -0.15) is 0 Å². The molecule has 0 amide bonds. The van der Waals surface area contributed by atoms with E-state index in [1.54, 1.807) is 12.1 Å². The van der Waals surface area contributed by atoms with E-state index in [1.165, 1.54) is 6.42 Å². The topological polar surface area (TPSA) is 26.3 Å². The van der Waals surface area contributed by atoms with E-state index >= 15 is 0 Å². The first-order chi connectivity index (χ1) is 9.10. The van der Waals surface area contributed by atoms with Crippen LogP contribution < -0.4 is 0 Å². The number of hydrogen-bond acceptors (Lipinski definition) is 2. The molecular formula is C17H22O2. The quantitative estimate of drug-likeness (QED) is 0.599. The third kappa shape index (κ3) is 2.58. The van der Waals surface area contributed by atoms with Gasteiger partial charge >= 0.3 is 5.97 Å². The molecule has 0 N–H and O–H groups in total. The molecule has 1 aromatic rings. The summed E-state index contributed by atoms with van der Waals surface area (Å²) in [6.45, 7) is 8.22. The van der Waals surface area contributed by atoms with Crippen LogP contribution in [-0.2, 0) is 4.74 Å². The summed E-state index contributed by atoms with van der Waals surface area (Å²) in [4.78, 5) is 12.3. The highest BCUT2D eigenvalue weighted by Gasteiger charge is 2.44. The molecule has 1 aliphatic rings. The van der Waals surface area contributed by atoms with Crippen LogP contribution in [0.15, 0.2) is 43.0 Å². The molecule has 0 aromatic heterocycles. The summed E-state index contributed by atoms with van der Waals surface area (Å²) in [6.07, 6.45) is 5.19. The summed E-state index contributed by atoms with van der Waals surface area (Å²) < 4.78 is 5.88. The summed E-state index contributed by atoms with van der Waals surface area (Å²) in [5.41, 5.74) is 0.0826. The molecule has 102 valence electrons. The zero-order chi connectivity index (χ0) is 13.9. The minimum atomic E-state index is -0.523. The lowest BCUT2D eigenvalue weighted by Crippen LogP contribution is -2.47. The lowest BCUT2D eigenvalue weighted by atomic mass is 9.69. The van der Waals surface area contributed by atoms with Crippen LogP contribution in [0.4, 0.5) is 0 Å². The number of carbonyl (C=O) groups excluding carboxylic acids is 1. The molecule has 19 heavy (non-hydrogen) atoms. The van der Waals surface area contributed by atoms with Crippen molar-refractivity contribution in [2.45, 2.75) is 38.7 Å². The average molecular weight is 258 g/mol. The highest BCUT2D eigenvalue weighted by Crippen LogP contribution is 2.42. The Morgan fingerprint density at radius 1 is 1.26 bits per heavy atom. The maximum Gasteiger partial charge on any atom is 0.339 e. The van der Waals surface area contributed by atoms with Gasteiger partial charge in [-0.3, -0.25) is 0 Å². The third-order valence-corrected chi connectivity index (χ3v) is 4.41. The highest BCUT2D eigenvalue weighted by atomic mass is 16.6. The van der Waals surface area contributed by atoms with Crippen LogP contribution in [0.3, 0.4) is 0 Å². The van der Waals surface area contributed by atoms with Crippen molar-refractivity contribution in [2.24, 2.45) is 11.8 Å². The molecule has 0 radical (unpaired) electrons. The lowest BCUT2D eigenvalue weighted by molar-refractivity contribution is -0.0653. The second-order valence-electron chi connectivity index (χ2n) is 5.55. The minimum absolute atomic E-state index is 0.249. The summed E-state index contributed by atoms with van der Waals surface area (Å²) in [5.74, 6) is 0.393. The van der Waals surface area contributed by atoms with Crippen LogP contribution in [-0.4, -0.2) is 11.6 Å². The van der Waals surface area contributed by atoms with Gasteiger partial charge in [-0.25, -0.2) is 4.79 Å². The molecule has 1 fully saturated rings. The predicted octanol–water partition coefficient (Wildman–Crippen LogP) is 4.22. The molecule has 2 heteroatoms. The number of carbonyl (C=O) groups is 1. The fourth-order valence-corrected chi connectivity index (χ4v) is 3.11. The first-order valence-corrected chi connectivity index (χ1v) is 7.02. The van der Waals surface area contributed by atoms with Crippen LogP contribution in [0.2, 0.25) is 0 Å². The van der Waals surface area contributed by atoms with Gasteiger partial charge < -0.3 is 4.74 Å². The Labute approximate surface area is 115 Å². The molecule has 0 heterocycles. The van der Waals surface area contributed by atoms with Crippen molar-refractivity contribution in [1.29, 1.82) is 0 Å². The Kier molecular flexibility index (Phi) is 4.08. The first-order valence-electron chi connectivity index (χ1n) is 7.02. The predicted molar refractivity (Wildman–Crippen MR) is 77.0 cm³/mol. The van der Waals surface area contributed by atoms with Gasteiger partial charge in [-0.05, 0) is 42.9 Å². The summed E-state index contributed by atoms with van der Waals surface area (Å²) in [7, 11) is 0. The van der Waals surface area contributed by atoms with Crippen molar-refractivity contribution < 1.29 is 9.53 Å². The molecule has 0 saturated heterocycles. The molecule has 1 saturated carbocycles. The summed E-state index contributed by atoms with van der Waals surface area (Å²) >= 11 is 0. The molecule has 1 aromatic carbocycles. The Bertz CT molecular complexity index is 440.